The fourth-order valence-electron chi connectivity index (χ4n) is 0.799. The summed E-state index contributed by atoms with van der Waals surface area (Å²) in [5.74, 6) is 2.00. The summed E-state index contributed by atoms with van der Waals surface area (Å²) in [5, 5.41) is 5.84. The SMILES string of the molecule is CS1(N)CCCOC1. The van der Waals surface area contributed by atoms with Crippen LogP contribution in [-0.2, 0) is 4.74 Å². The molecule has 0 amide bonds. The summed E-state index contributed by atoms with van der Waals surface area (Å²) in [7, 11) is -0.805. The minimum absolute atomic E-state index is 0.805. The van der Waals surface area contributed by atoms with Gasteiger partial charge in [-0.3, -0.25) is 5.14 Å². The Morgan fingerprint density at radius 3 is 2.62 bits per heavy atom. The monoisotopic (exact) mass is 135 g/mol. The highest BCUT2D eigenvalue weighted by Gasteiger charge is 2.15. The summed E-state index contributed by atoms with van der Waals surface area (Å²) in [6, 6.07) is 0. The van der Waals surface area contributed by atoms with Gasteiger partial charge in [0.2, 0.25) is 0 Å². The molecule has 1 atom stereocenters. The van der Waals surface area contributed by atoms with Crippen LogP contribution in [-0.4, -0.2) is 24.6 Å². The van der Waals surface area contributed by atoms with Crippen LogP contribution in [0.25, 0.3) is 0 Å². The van der Waals surface area contributed by atoms with Crippen molar-refractivity contribution in [3.63, 3.8) is 0 Å². The molecule has 0 spiro atoms. The third-order valence-electron chi connectivity index (χ3n) is 1.25. The van der Waals surface area contributed by atoms with Crippen LogP contribution in [0.5, 0.6) is 0 Å². The number of ether oxygens (including phenoxy) is 1. The summed E-state index contributed by atoms with van der Waals surface area (Å²) < 4.78 is 5.20. The van der Waals surface area contributed by atoms with Crippen molar-refractivity contribution in [1.82, 2.24) is 0 Å². The lowest BCUT2D eigenvalue weighted by molar-refractivity contribution is 0.173. The van der Waals surface area contributed by atoms with Crippen molar-refractivity contribution in [2.24, 2.45) is 5.14 Å². The topological polar surface area (TPSA) is 35.2 Å². The van der Waals surface area contributed by atoms with Crippen molar-refractivity contribution in [2.45, 2.75) is 6.42 Å². The first-order valence-electron chi connectivity index (χ1n) is 2.80. The van der Waals surface area contributed by atoms with Crippen molar-refractivity contribution in [1.29, 1.82) is 0 Å². The summed E-state index contributed by atoms with van der Waals surface area (Å²) in [6.07, 6.45) is 3.27. The molecule has 0 aromatic rings. The predicted molar refractivity (Wildman–Crippen MR) is 38.0 cm³/mol. The van der Waals surface area contributed by atoms with Crippen LogP contribution in [0.3, 0.4) is 0 Å². The lowest BCUT2D eigenvalue weighted by atomic mass is 10.5. The Balaban J connectivity index is 2.33. The number of hydrogen-bond donors (Lipinski definition) is 1. The fourth-order valence-corrected chi connectivity index (χ4v) is 2.19. The number of nitrogens with two attached hydrogens (primary N) is 1. The van der Waals surface area contributed by atoms with Crippen molar-refractivity contribution < 1.29 is 4.74 Å². The minimum Gasteiger partial charge on any atom is -0.371 e. The van der Waals surface area contributed by atoms with Crippen LogP contribution in [0.4, 0.5) is 0 Å². The molecule has 2 nitrogen and oxygen atoms in total. The highest BCUT2D eigenvalue weighted by molar-refractivity contribution is 8.31. The second-order valence-electron chi connectivity index (χ2n) is 2.43. The van der Waals surface area contributed by atoms with E-state index < -0.39 is 10.2 Å². The molecule has 0 saturated carbocycles. The van der Waals surface area contributed by atoms with E-state index in [1.807, 2.05) is 0 Å². The standard InChI is InChI=1S/C5H13NOS/c1-8(6)4-2-3-7-5-8/h2-6H2,1H3. The zero-order valence-electron chi connectivity index (χ0n) is 5.22. The molecule has 1 saturated heterocycles. The number of rotatable bonds is 0. The summed E-state index contributed by atoms with van der Waals surface area (Å²) in [4.78, 5) is 0. The fraction of sp³-hybridized carbons (Fsp3) is 1.00. The van der Waals surface area contributed by atoms with Crippen molar-refractivity contribution in [3.05, 3.63) is 0 Å². The van der Waals surface area contributed by atoms with E-state index in [1.165, 1.54) is 5.75 Å². The average Bonchev–Trinajstić information content (AvgIpc) is 1.65. The molecule has 3 heteroatoms. The van der Waals surface area contributed by atoms with Crippen LogP contribution < -0.4 is 5.14 Å². The molecule has 2 N–H and O–H groups in total. The highest BCUT2D eigenvalue weighted by Crippen LogP contribution is 2.37. The van der Waals surface area contributed by atoms with Gasteiger partial charge < -0.3 is 4.74 Å². The Labute approximate surface area is 51.8 Å². The van der Waals surface area contributed by atoms with Gasteiger partial charge in [0.05, 0.1) is 5.94 Å². The molecule has 0 aliphatic carbocycles. The van der Waals surface area contributed by atoms with Crippen LogP contribution in [0, 0.1) is 0 Å². The Hall–Kier alpha value is 0.270. The van der Waals surface area contributed by atoms with E-state index in [-0.39, 0.29) is 0 Å². The quantitative estimate of drug-likeness (QED) is 0.530. The first-order valence-corrected chi connectivity index (χ1v) is 5.24. The smallest absolute Gasteiger partial charge is 0.0875 e. The first kappa shape index (κ1) is 6.39. The van der Waals surface area contributed by atoms with Gasteiger partial charge in [0, 0.05) is 6.61 Å². The zero-order chi connectivity index (χ0) is 6.04. The molecule has 1 aliphatic heterocycles. The average molecular weight is 135 g/mol. The number of hydrogen-bond acceptors (Lipinski definition) is 2. The van der Waals surface area contributed by atoms with E-state index in [9.17, 15) is 0 Å². The molecule has 50 valence electrons. The van der Waals surface area contributed by atoms with Gasteiger partial charge >= 0.3 is 0 Å². The van der Waals surface area contributed by atoms with Crippen molar-refractivity contribution in [3.8, 4) is 0 Å². The zero-order valence-corrected chi connectivity index (χ0v) is 6.04. The molecule has 1 heterocycles. The van der Waals surface area contributed by atoms with Gasteiger partial charge in [0.15, 0.2) is 0 Å². The van der Waals surface area contributed by atoms with Crippen LogP contribution >= 0.6 is 10.2 Å². The van der Waals surface area contributed by atoms with E-state index in [0.717, 1.165) is 19.0 Å². The predicted octanol–water partition coefficient (Wildman–Crippen LogP) is 0.672. The minimum atomic E-state index is -0.805. The Kier molecular flexibility index (Phi) is 1.80. The maximum absolute atomic E-state index is 5.84. The summed E-state index contributed by atoms with van der Waals surface area (Å²) in [6.45, 7) is 0.916. The Bertz CT molecular complexity index is 76.5. The van der Waals surface area contributed by atoms with E-state index in [1.54, 1.807) is 0 Å². The molecule has 0 radical (unpaired) electrons. The van der Waals surface area contributed by atoms with Crippen LogP contribution in [0.1, 0.15) is 6.42 Å². The van der Waals surface area contributed by atoms with E-state index in [2.05, 4.69) is 6.26 Å². The molecule has 1 rings (SSSR count). The van der Waals surface area contributed by atoms with E-state index >= 15 is 0 Å². The summed E-state index contributed by atoms with van der Waals surface area (Å²) in [5.41, 5.74) is 0. The lowest BCUT2D eigenvalue weighted by Crippen LogP contribution is -2.24. The molecule has 1 unspecified atom stereocenters. The van der Waals surface area contributed by atoms with Gasteiger partial charge in [-0.2, -0.15) is 10.2 Å². The Morgan fingerprint density at radius 1 is 1.62 bits per heavy atom. The molecular formula is C5H13NOS. The normalized spacial score (nSPS) is 47.8. The Morgan fingerprint density at radius 2 is 2.38 bits per heavy atom. The second kappa shape index (κ2) is 2.25. The van der Waals surface area contributed by atoms with E-state index in [4.69, 9.17) is 9.88 Å². The van der Waals surface area contributed by atoms with E-state index in [0.29, 0.717) is 0 Å². The van der Waals surface area contributed by atoms with Gasteiger partial charge in [0.1, 0.15) is 0 Å². The van der Waals surface area contributed by atoms with Gasteiger partial charge in [-0.15, -0.1) is 0 Å². The molecule has 0 bridgehead atoms. The largest absolute Gasteiger partial charge is 0.371 e. The third kappa shape index (κ3) is 1.65. The lowest BCUT2D eigenvalue weighted by Gasteiger charge is -2.34. The maximum Gasteiger partial charge on any atom is 0.0875 e. The molecule has 1 aliphatic rings. The van der Waals surface area contributed by atoms with Gasteiger partial charge in [-0.1, -0.05) is 0 Å². The summed E-state index contributed by atoms with van der Waals surface area (Å²) >= 11 is 0. The van der Waals surface area contributed by atoms with Crippen LogP contribution in [0.2, 0.25) is 0 Å². The van der Waals surface area contributed by atoms with Gasteiger partial charge in [-0.05, 0) is 18.4 Å². The second-order valence-corrected chi connectivity index (χ2v) is 5.78. The first-order chi connectivity index (χ1) is 3.71. The van der Waals surface area contributed by atoms with Gasteiger partial charge in [-0.25, -0.2) is 0 Å². The van der Waals surface area contributed by atoms with Crippen molar-refractivity contribution >= 4 is 10.2 Å². The van der Waals surface area contributed by atoms with Crippen LogP contribution in [0.15, 0.2) is 0 Å². The maximum atomic E-state index is 5.84. The molecule has 0 aromatic carbocycles. The highest BCUT2D eigenvalue weighted by atomic mass is 32.3. The van der Waals surface area contributed by atoms with Crippen molar-refractivity contribution in [2.75, 3.05) is 24.6 Å². The van der Waals surface area contributed by atoms with Gasteiger partial charge in [0.25, 0.3) is 0 Å². The molecule has 1 fully saturated rings. The molecule has 8 heavy (non-hydrogen) atoms. The third-order valence-corrected chi connectivity index (χ3v) is 3.18. The molecule has 0 aromatic heterocycles. The molecular weight excluding hydrogens is 122 g/mol.